The summed E-state index contributed by atoms with van der Waals surface area (Å²) in [6.45, 7) is 3.80. The monoisotopic (exact) mass is 1140 g/mol. The summed E-state index contributed by atoms with van der Waals surface area (Å²) < 4.78 is 33.1. The summed E-state index contributed by atoms with van der Waals surface area (Å²) >= 11 is 0. The molecule has 0 aliphatic rings. The Hall–Kier alpha value is -1.51. The number of hydrogen-bond acceptors (Lipinski definition) is 8. The molecule has 0 rings (SSSR count). The second-order valence-electron chi connectivity index (χ2n) is 23.8. The number of ether oxygens (including phenoxy) is 2. The zero-order chi connectivity index (χ0) is 57.3. The smallest absolute Gasteiger partial charge is 0.462 e. The van der Waals surface area contributed by atoms with Crippen LogP contribution in [0.25, 0.3) is 0 Å². The van der Waals surface area contributed by atoms with Gasteiger partial charge in [-0.05, 0) is 44.9 Å². The maximum atomic E-state index is 12.7. The van der Waals surface area contributed by atoms with E-state index in [9.17, 15) is 19.0 Å². The number of allylic oxidation sites excluding steroid dienone is 4. The summed E-state index contributed by atoms with van der Waals surface area (Å²) in [4.78, 5) is 35.3. The lowest BCUT2D eigenvalue weighted by atomic mass is 10.0. The molecule has 0 aromatic carbocycles. The largest absolute Gasteiger partial charge is 0.472 e. The zero-order valence-corrected chi connectivity index (χ0v) is 53.5. The highest BCUT2D eigenvalue weighted by Crippen LogP contribution is 2.43. The Morgan fingerprint density at radius 3 is 0.962 bits per heavy atom. The van der Waals surface area contributed by atoms with Crippen molar-refractivity contribution in [3.05, 3.63) is 24.3 Å². The predicted molar refractivity (Wildman–Crippen MR) is 340 cm³/mol. The average molecular weight is 1140 g/mol. The SMILES string of the molecule is CCCCCCC/C=C\C/C=C\CCCCCCCCCCCC(=O)OC(COC(=O)CCCCCCCCCCCCCCCCCCCCCCCCCCCCCCCCCCCCCCC)COP(=O)(O)OCCN. The van der Waals surface area contributed by atoms with Gasteiger partial charge in [-0.15, -0.1) is 0 Å². The highest BCUT2D eigenvalue weighted by atomic mass is 31.2. The number of carbonyl (C=O) groups excluding carboxylic acids is 2. The molecular formula is C69H134NO8P. The number of hydrogen-bond donors (Lipinski definition) is 2. The number of carbonyl (C=O) groups is 2. The number of phosphoric acid groups is 1. The topological polar surface area (TPSA) is 134 Å². The van der Waals surface area contributed by atoms with E-state index >= 15 is 0 Å². The minimum atomic E-state index is -4.39. The molecule has 0 spiro atoms. The fourth-order valence-electron chi connectivity index (χ4n) is 10.7. The standard InChI is InChI=1S/C69H134NO8P/c1-3-5-7-9-11-13-15-17-19-21-23-25-26-27-28-29-30-31-32-33-34-35-36-37-38-39-40-42-43-45-47-49-51-53-55-57-59-61-68(71)75-65-67(66-77-79(73,74)76-64-63-70)78-69(72)62-60-58-56-54-52-50-48-46-44-41-24-22-20-18-16-14-12-10-8-6-4-2/h16,18,22,24,67H,3-15,17,19-21,23,25-66,70H2,1-2H3,(H,73,74)/b18-16-,24-22-. The van der Waals surface area contributed by atoms with Crippen LogP contribution in [0.3, 0.4) is 0 Å². The molecule has 0 aromatic heterocycles. The first-order valence-electron chi connectivity index (χ1n) is 34.8. The third kappa shape index (κ3) is 65.5. The first-order valence-corrected chi connectivity index (χ1v) is 36.3. The molecule has 0 aromatic rings. The number of nitrogens with two attached hydrogens (primary N) is 1. The summed E-state index contributed by atoms with van der Waals surface area (Å²) in [6, 6.07) is 0. The van der Waals surface area contributed by atoms with Gasteiger partial charge in [-0.2, -0.15) is 0 Å². The molecule has 0 aliphatic carbocycles. The van der Waals surface area contributed by atoms with Gasteiger partial charge in [-0.25, -0.2) is 4.57 Å². The van der Waals surface area contributed by atoms with Crippen LogP contribution in [0, 0.1) is 0 Å². The lowest BCUT2D eigenvalue weighted by Crippen LogP contribution is -2.29. The van der Waals surface area contributed by atoms with Crippen LogP contribution in [-0.2, 0) is 32.7 Å². The van der Waals surface area contributed by atoms with Crippen LogP contribution in [0.5, 0.6) is 0 Å². The van der Waals surface area contributed by atoms with Gasteiger partial charge in [0.2, 0.25) is 0 Å². The zero-order valence-electron chi connectivity index (χ0n) is 52.6. The van der Waals surface area contributed by atoms with Crippen LogP contribution in [0.15, 0.2) is 24.3 Å². The van der Waals surface area contributed by atoms with E-state index in [4.69, 9.17) is 24.3 Å². The van der Waals surface area contributed by atoms with E-state index in [1.165, 1.54) is 289 Å². The van der Waals surface area contributed by atoms with E-state index in [1.807, 2.05) is 0 Å². The average Bonchev–Trinajstić information content (AvgIpc) is 3.44. The van der Waals surface area contributed by atoms with Crippen LogP contribution in [-0.4, -0.2) is 49.3 Å². The Labute approximate surface area is 491 Å². The molecule has 0 fully saturated rings. The first kappa shape index (κ1) is 77.5. The maximum Gasteiger partial charge on any atom is 0.472 e. The van der Waals surface area contributed by atoms with Crippen molar-refractivity contribution in [2.75, 3.05) is 26.4 Å². The Morgan fingerprint density at radius 2 is 0.658 bits per heavy atom. The molecule has 0 aliphatic heterocycles. The molecule has 468 valence electrons. The van der Waals surface area contributed by atoms with Crippen molar-refractivity contribution in [1.29, 1.82) is 0 Å². The summed E-state index contributed by atoms with van der Waals surface area (Å²) in [5, 5.41) is 0. The Morgan fingerprint density at radius 1 is 0.380 bits per heavy atom. The molecule has 0 saturated carbocycles. The molecule has 2 atom stereocenters. The summed E-state index contributed by atoms with van der Waals surface area (Å²) in [5.74, 6) is -0.812. The van der Waals surface area contributed by atoms with E-state index in [2.05, 4.69) is 38.2 Å². The number of esters is 2. The Bertz CT molecular complexity index is 1340. The van der Waals surface area contributed by atoms with E-state index < -0.39 is 26.5 Å². The van der Waals surface area contributed by atoms with Gasteiger partial charge in [0, 0.05) is 19.4 Å². The van der Waals surface area contributed by atoms with Crippen LogP contribution in [0.1, 0.15) is 373 Å². The predicted octanol–water partition coefficient (Wildman–Crippen LogP) is 22.5. The van der Waals surface area contributed by atoms with Crippen molar-refractivity contribution in [2.24, 2.45) is 5.73 Å². The fourth-order valence-corrected chi connectivity index (χ4v) is 11.4. The lowest BCUT2D eigenvalue weighted by Gasteiger charge is -2.19. The number of rotatable bonds is 67. The van der Waals surface area contributed by atoms with Gasteiger partial charge in [0.15, 0.2) is 6.10 Å². The van der Waals surface area contributed by atoms with Crippen LogP contribution in [0.4, 0.5) is 0 Å². The molecule has 79 heavy (non-hydrogen) atoms. The van der Waals surface area contributed by atoms with E-state index in [-0.39, 0.29) is 38.6 Å². The first-order chi connectivity index (χ1) is 38.8. The van der Waals surface area contributed by atoms with Crippen molar-refractivity contribution in [1.82, 2.24) is 0 Å². The van der Waals surface area contributed by atoms with Crippen molar-refractivity contribution in [2.45, 2.75) is 380 Å². The molecular weight excluding hydrogens is 1000 g/mol. The number of phosphoric ester groups is 1. The molecule has 0 bridgehead atoms. The van der Waals surface area contributed by atoms with Crippen molar-refractivity contribution >= 4 is 19.8 Å². The molecule has 9 nitrogen and oxygen atoms in total. The summed E-state index contributed by atoms with van der Waals surface area (Å²) in [7, 11) is -4.39. The highest BCUT2D eigenvalue weighted by Gasteiger charge is 2.26. The van der Waals surface area contributed by atoms with Crippen molar-refractivity contribution < 1.29 is 37.6 Å². The molecule has 0 radical (unpaired) electrons. The summed E-state index contributed by atoms with van der Waals surface area (Å²) in [5.41, 5.74) is 5.40. The fraction of sp³-hybridized carbons (Fsp3) is 0.913. The van der Waals surface area contributed by atoms with Gasteiger partial charge in [0.25, 0.3) is 0 Å². The van der Waals surface area contributed by atoms with Crippen LogP contribution >= 0.6 is 7.82 Å². The van der Waals surface area contributed by atoms with Gasteiger partial charge < -0.3 is 20.1 Å². The second-order valence-corrected chi connectivity index (χ2v) is 25.2. The molecule has 3 N–H and O–H groups in total. The second kappa shape index (κ2) is 65.6. The normalized spacial score (nSPS) is 13.0. The quantitative estimate of drug-likeness (QED) is 0.0264. The third-order valence-electron chi connectivity index (χ3n) is 15.8. The van der Waals surface area contributed by atoms with Gasteiger partial charge in [-0.1, -0.05) is 340 Å². The van der Waals surface area contributed by atoms with Crippen molar-refractivity contribution in [3.63, 3.8) is 0 Å². The molecule has 2 unspecified atom stereocenters. The Balaban J connectivity index is 3.76. The minimum Gasteiger partial charge on any atom is -0.462 e. The van der Waals surface area contributed by atoms with Crippen LogP contribution in [0.2, 0.25) is 0 Å². The van der Waals surface area contributed by atoms with E-state index in [1.54, 1.807) is 0 Å². The third-order valence-corrected chi connectivity index (χ3v) is 16.8. The molecule has 0 saturated heterocycles. The number of unbranched alkanes of at least 4 members (excludes halogenated alkanes) is 50. The van der Waals surface area contributed by atoms with Gasteiger partial charge in [0.1, 0.15) is 6.61 Å². The van der Waals surface area contributed by atoms with Crippen molar-refractivity contribution in [3.8, 4) is 0 Å². The van der Waals surface area contributed by atoms with E-state index in [0.29, 0.717) is 6.42 Å². The van der Waals surface area contributed by atoms with Gasteiger partial charge >= 0.3 is 19.8 Å². The van der Waals surface area contributed by atoms with Crippen LogP contribution < -0.4 is 5.73 Å². The maximum absolute atomic E-state index is 12.7. The van der Waals surface area contributed by atoms with Gasteiger partial charge in [-0.3, -0.25) is 18.6 Å². The van der Waals surface area contributed by atoms with E-state index in [0.717, 1.165) is 51.4 Å². The highest BCUT2D eigenvalue weighted by molar-refractivity contribution is 7.47. The lowest BCUT2D eigenvalue weighted by molar-refractivity contribution is -0.161. The molecule has 10 heteroatoms. The van der Waals surface area contributed by atoms with Gasteiger partial charge in [0.05, 0.1) is 13.2 Å². The molecule has 0 amide bonds. The summed E-state index contributed by atoms with van der Waals surface area (Å²) in [6.07, 6.45) is 80.1. The minimum absolute atomic E-state index is 0.0549. The molecule has 0 heterocycles. The Kier molecular flexibility index (Phi) is 64.4.